The average molecular weight is 373 g/mol. The van der Waals surface area contributed by atoms with Gasteiger partial charge < -0.3 is 20.9 Å². The molecule has 0 aromatic carbocycles. The lowest BCUT2D eigenvalue weighted by molar-refractivity contribution is -0.139. The van der Waals surface area contributed by atoms with E-state index in [1.165, 1.54) is 25.7 Å². The Kier molecular flexibility index (Phi) is 7.37. The minimum atomic E-state index is -0.662. The first-order chi connectivity index (χ1) is 11.6. The van der Waals surface area contributed by atoms with Crippen LogP contribution in [0.2, 0.25) is 0 Å². The number of urea groups is 1. The van der Waals surface area contributed by atoms with E-state index in [1.54, 1.807) is 0 Å². The first kappa shape index (κ1) is 20.3. The predicted octanol–water partition coefficient (Wildman–Crippen LogP) is 2.26. The Balaban J connectivity index is 0.00000225. The van der Waals surface area contributed by atoms with Crippen molar-refractivity contribution in [3.05, 3.63) is 0 Å². The Morgan fingerprint density at radius 2 is 1.36 bits per heavy atom. The highest BCUT2D eigenvalue weighted by atomic mass is 35.5. The molecular weight excluding hydrogens is 340 g/mol. The standard InChI is InChI=1S/C18H32N4O2.ClH/c19-18(9-5-2-6-10-18)16(23)21-11-13-22(14-12-21)17(24)20-15-7-3-1-4-8-15;/h15H,1-14,19H2,(H,20,24);1H. The molecule has 2 aliphatic carbocycles. The van der Waals surface area contributed by atoms with Crippen molar-refractivity contribution in [1.29, 1.82) is 0 Å². The Bertz CT molecular complexity index is 454. The van der Waals surface area contributed by atoms with E-state index in [1.807, 2.05) is 9.80 Å². The van der Waals surface area contributed by atoms with Gasteiger partial charge in [-0.15, -0.1) is 12.4 Å². The van der Waals surface area contributed by atoms with Crippen LogP contribution in [0.15, 0.2) is 0 Å². The average Bonchev–Trinajstić information content (AvgIpc) is 2.63. The van der Waals surface area contributed by atoms with Crippen LogP contribution >= 0.6 is 12.4 Å². The molecule has 3 N–H and O–H groups in total. The highest BCUT2D eigenvalue weighted by Gasteiger charge is 2.39. The van der Waals surface area contributed by atoms with Crippen LogP contribution in [0, 0.1) is 0 Å². The van der Waals surface area contributed by atoms with Gasteiger partial charge in [0, 0.05) is 32.2 Å². The molecule has 3 amide bonds. The molecule has 1 saturated heterocycles. The largest absolute Gasteiger partial charge is 0.338 e. The summed E-state index contributed by atoms with van der Waals surface area (Å²) in [6.07, 6.45) is 10.8. The van der Waals surface area contributed by atoms with Gasteiger partial charge in [0.25, 0.3) is 0 Å². The molecule has 6 nitrogen and oxygen atoms in total. The molecule has 144 valence electrons. The molecule has 25 heavy (non-hydrogen) atoms. The van der Waals surface area contributed by atoms with E-state index < -0.39 is 5.54 Å². The minimum Gasteiger partial charge on any atom is -0.338 e. The van der Waals surface area contributed by atoms with Gasteiger partial charge in [0.15, 0.2) is 0 Å². The molecule has 1 heterocycles. The Labute approximate surface area is 157 Å². The number of amides is 3. The van der Waals surface area contributed by atoms with E-state index in [4.69, 9.17) is 5.73 Å². The molecule has 0 radical (unpaired) electrons. The summed E-state index contributed by atoms with van der Waals surface area (Å²) >= 11 is 0. The topological polar surface area (TPSA) is 78.7 Å². The molecule has 3 rings (SSSR count). The molecule has 3 aliphatic rings. The molecule has 0 aromatic heterocycles. The van der Waals surface area contributed by atoms with Crippen molar-refractivity contribution >= 4 is 24.3 Å². The maximum Gasteiger partial charge on any atom is 0.317 e. The molecule has 0 unspecified atom stereocenters. The van der Waals surface area contributed by atoms with Gasteiger partial charge in [0.1, 0.15) is 0 Å². The van der Waals surface area contributed by atoms with Gasteiger partial charge in [0.05, 0.1) is 5.54 Å². The number of nitrogens with zero attached hydrogens (tertiary/aromatic N) is 2. The van der Waals surface area contributed by atoms with Gasteiger partial charge in [-0.25, -0.2) is 4.79 Å². The van der Waals surface area contributed by atoms with Crippen LogP contribution in [0.1, 0.15) is 64.2 Å². The van der Waals surface area contributed by atoms with Crippen LogP contribution in [0.25, 0.3) is 0 Å². The smallest absolute Gasteiger partial charge is 0.317 e. The molecule has 2 saturated carbocycles. The molecule has 0 bridgehead atoms. The zero-order chi connectivity index (χ0) is 17.0. The van der Waals surface area contributed by atoms with E-state index >= 15 is 0 Å². The monoisotopic (exact) mass is 372 g/mol. The molecule has 3 fully saturated rings. The number of hydrogen-bond acceptors (Lipinski definition) is 3. The van der Waals surface area contributed by atoms with E-state index in [0.29, 0.717) is 32.2 Å². The summed E-state index contributed by atoms with van der Waals surface area (Å²) in [5.41, 5.74) is 5.71. The maximum absolute atomic E-state index is 12.8. The van der Waals surface area contributed by atoms with Crippen molar-refractivity contribution in [2.75, 3.05) is 26.2 Å². The molecule has 0 aromatic rings. The summed E-state index contributed by atoms with van der Waals surface area (Å²) in [6, 6.07) is 0.370. The summed E-state index contributed by atoms with van der Waals surface area (Å²) in [6.45, 7) is 2.44. The number of piperazine rings is 1. The zero-order valence-corrected chi connectivity index (χ0v) is 16.0. The van der Waals surface area contributed by atoms with E-state index in [9.17, 15) is 9.59 Å². The van der Waals surface area contributed by atoms with Crippen LogP contribution in [0.5, 0.6) is 0 Å². The normalized spacial score (nSPS) is 24.4. The lowest BCUT2D eigenvalue weighted by Crippen LogP contribution is -2.61. The van der Waals surface area contributed by atoms with Crippen molar-refractivity contribution < 1.29 is 9.59 Å². The second kappa shape index (κ2) is 9.08. The second-order valence-corrected chi connectivity index (χ2v) is 7.78. The van der Waals surface area contributed by atoms with E-state index in [-0.39, 0.29) is 24.3 Å². The zero-order valence-electron chi connectivity index (χ0n) is 15.2. The van der Waals surface area contributed by atoms with Crippen molar-refractivity contribution in [2.24, 2.45) is 5.73 Å². The third kappa shape index (κ3) is 5.00. The summed E-state index contributed by atoms with van der Waals surface area (Å²) in [5, 5.41) is 3.16. The summed E-state index contributed by atoms with van der Waals surface area (Å²) < 4.78 is 0. The fraction of sp³-hybridized carbons (Fsp3) is 0.889. The predicted molar refractivity (Wildman–Crippen MR) is 101 cm³/mol. The Hall–Kier alpha value is -1.01. The first-order valence-corrected chi connectivity index (χ1v) is 9.72. The number of carbonyl (C=O) groups excluding carboxylic acids is 2. The molecular formula is C18H33ClN4O2. The third-order valence-corrected chi connectivity index (χ3v) is 5.96. The molecule has 0 atom stereocenters. The number of nitrogens with one attached hydrogen (secondary N) is 1. The first-order valence-electron chi connectivity index (χ1n) is 9.72. The SMILES string of the molecule is Cl.NC1(C(=O)N2CCN(C(=O)NC3CCCCC3)CC2)CCCCC1. The van der Waals surface area contributed by atoms with Crippen LogP contribution in [0.3, 0.4) is 0 Å². The van der Waals surface area contributed by atoms with E-state index in [0.717, 1.165) is 38.5 Å². The van der Waals surface area contributed by atoms with Crippen LogP contribution in [-0.2, 0) is 4.79 Å². The number of rotatable bonds is 2. The number of halogens is 1. The molecule has 7 heteroatoms. The van der Waals surface area contributed by atoms with Gasteiger partial charge >= 0.3 is 6.03 Å². The van der Waals surface area contributed by atoms with E-state index in [2.05, 4.69) is 5.32 Å². The van der Waals surface area contributed by atoms with Gasteiger partial charge in [0.2, 0.25) is 5.91 Å². The highest BCUT2D eigenvalue weighted by molar-refractivity contribution is 5.86. The summed E-state index contributed by atoms with van der Waals surface area (Å²) in [7, 11) is 0. The lowest BCUT2D eigenvalue weighted by Gasteiger charge is -2.41. The summed E-state index contributed by atoms with van der Waals surface area (Å²) in [5.74, 6) is 0.0922. The fourth-order valence-electron chi connectivity index (χ4n) is 4.34. The van der Waals surface area contributed by atoms with Crippen molar-refractivity contribution in [3.63, 3.8) is 0 Å². The third-order valence-electron chi connectivity index (χ3n) is 5.96. The second-order valence-electron chi connectivity index (χ2n) is 7.78. The van der Waals surface area contributed by atoms with Crippen LogP contribution in [0.4, 0.5) is 4.79 Å². The van der Waals surface area contributed by atoms with Gasteiger partial charge in [-0.2, -0.15) is 0 Å². The minimum absolute atomic E-state index is 0. The van der Waals surface area contributed by atoms with Gasteiger partial charge in [-0.1, -0.05) is 38.5 Å². The molecule has 0 spiro atoms. The highest BCUT2D eigenvalue weighted by Crippen LogP contribution is 2.28. The van der Waals surface area contributed by atoms with Crippen LogP contribution in [-0.4, -0.2) is 59.5 Å². The van der Waals surface area contributed by atoms with Crippen molar-refractivity contribution in [3.8, 4) is 0 Å². The fourth-order valence-corrected chi connectivity index (χ4v) is 4.34. The Morgan fingerprint density at radius 1 is 0.840 bits per heavy atom. The van der Waals surface area contributed by atoms with Crippen LogP contribution < -0.4 is 11.1 Å². The van der Waals surface area contributed by atoms with Gasteiger partial charge in [-0.05, 0) is 25.7 Å². The Morgan fingerprint density at radius 3 is 1.96 bits per heavy atom. The van der Waals surface area contributed by atoms with Crippen molar-refractivity contribution in [1.82, 2.24) is 15.1 Å². The lowest BCUT2D eigenvalue weighted by atomic mass is 9.81. The maximum atomic E-state index is 12.8. The molecule has 1 aliphatic heterocycles. The quantitative estimate of drug-likeness (QED) is 0.780. The number of nitrogens with two attached hydrogens (primary N) is 1. The number of carbonyl (C=O) groups is 2. The number of hydrogen-bond donors (Lipinski definition) is 2. The summed E-state index contributed by atoms with van der Waals surface area (Å²) in [4.78, 5) is 28.9. The van der Waals surface area contributed by atoms with Crippen molar-refractivity contribution in [2.45, 2.75) is 75.8 Å². The van der Waals surface area contributed by atoms with Gasteiger partial charge in [-0.3, -0.25) is 4.79 Å².